The Bertz CT molecular complexity index is 420. The lowest BCUT2D eigenvalue weighted by Crippen LogP contribution is -2.30. The highest BCUT2D eigenvalue weighted by Crippen LogP contribution is 2.09. The van der Waals surface area contributed by atoms with Gasteiger partial charge in [-0.1, -0.05) is 18.2 Å². The molecule has 0 heterocycles. The first kappa shape index (κ1) is 12.1. The molecular formula is C9H13FN2O2S. The third-order valence-electron chi connectivity index (χ3n) is 1.77. The van der Waals surface area contributed by atoms with Gasteiger partial charge in [-0.05, 0) is 6.07 Å². The van der Waals surface area contributed by atoms with Crippen molar-refractivity contribution < 1.29 is 12.8 Å². The second-order valence-corrected chi connectivity index (χ2v) is 4.84. The number of nitrogens with one attached hydrogen (secondary N) is 1. The standard InChI is InChI=1S/C9H13FN2O2S/c10-9-4-2-1-3-8(9)7-15(13,14)12-6-5-11/h1-4,12H,5-7,11H2. The summed E-state index contributed by atoms with van der Waals surface area (Å²) in [5.74, 6) is -0.879. The predicted molar refractivity (Wildman–Crippen MR) is 56.1 cm³/mol. The summed E-state index contributed by atoms with van der Waals surface area (Å²) in [5, 5.41) is 0. The average Bonchev–Trinajstić information content (AvgIpc) is 2.18. The van der Waals surface area contributed by atoms with Crippen molar-refractivity contribution in [1.82, 2.24) is 4.72 Å². The molecule has 0 radical (unpaired) electrons. The number of sulfonamides is 1. The number of benzene rings is 1. The van der Waals surface area contributed by atoms with E-state index in [1.54, 1.807) is 6.07 Å². The highest BCUT2D eigenvalue weighted by molar-refractivity contribution is 7.88. The molecule has 0 aromatic heterocycles. The number of hydrogen-bond acceptors (Lipinski definition) is 3. The summed E-state index contributed by atoms with van der Waals surface area (Å²) in [5.41, 5.74) is 5.31. The van der Waals surface area contributed by atoms with Crippen molar-refractivity contribution in [2.45, 2.75) is 5.75 Å². The minimum atomic E-state index is -3.49. The Hall–Kier alpha value is -0.980. The van der Waals surface area contributed by atoms with E-state index in [1.807, 2.05) is 0 Å². The summed E-state index contributed by atoms with van der Waals surface area (Å²) in [4.78, 5) is 0. The van der Waals surface area contributed by atoms with E-state index in [0.717, 1.165) is 0 Å². The predicted octanol–water partition coefficient (Wildman–Crippen LogP) is 0.204. The lowest BCUT2D eigenvalue weighted by molar-refractivity contribution is 0.575. The highest BCUT2D eigenvalue weighted by Gasteiger charge is 2.12. The van der Waals surface area contributed by atoms with Gasteiger partial charge in [0.25, 0.3) is 0 Å². The minimum Gasteiger partial charge on any atom is -0.329 e. The highest BCUT2D eigenvalue weighted by atomic mass is 32.2. The molecule has 0 spiro atoms. The Morgan fingerprint density at radius 1 is 1.33 bits per heavy atom. The van der Waals surface area contributed by atoms with Crippen LogP contribution >= 0.6 is 0 Å². The first-order valence-electron chi connectivity index (χ1n) is 4.46. The molecular weight excluding hydrogens is 219 g/mol. The normalized spacial score (nSPS) is 11.6. The van der Waals surface area contributed by atoms with Crippen molar-refractivity contribution in [2.24, 2.45) is 5.73 Å². The van der Waals surface area contributed by atoms with Gasteiger partial charge in [-0.25, -0.2) is 17.5 Å². The van der Waals surface area contributed by atoms with Gasteiger partial charge >= 0.3 is 0 Å². The van der Waals surface area contributed by atoms with Crippen molar-refractivity contribution in [3.63, 3.8) is 0 Å². The fourth-order valence-electron chi connectivity index (χ4n) is 1.09. The van der Waals surface area contributed by atoms with Crippen molar-refractivity contribution >= 4 is 10.0 Å². The number of rotatable bonds is 5. The molecule has 1 rings (SSSR count). The third kappa shape index (κ3) is 3.94. The molecule has 0 aliphatic rings. The van der Waals surface area contributed by atoms with Gasteiger partial charge in [0.2, 0.25) is 10.0 Å². The van der Waals surface area contributed by atoms with Crippen LogP contribution < -0.4 is 10.5 Å². The van der Waals surface area contributed by atoms with Gasteiger partial charge in [-0.3, -0.25) is 0 Å². The maximum Gasteiger partial charge on any atom is 0.215 e. The van der Waals surface area contributed by atoms with Crippen LogP contribution in [-0.2, 0) is 15.8 Å². The van der Waals surface area contributed by atoms with Gasteiger partial charge in [-0.15, -0.1) is 0 Å². The second-order valence-electron chi connectivity index (χ2n) is 3.03. The molecule has 15 heavy (non-hydrogen) atoms. The van der Waals surface area contributed by atoms with Gasteiger partial charge in [0.1, 0.15) is 5.82 Å². The Labute approximate surface area is 88.3 Å². The van der Waals surface area contributed by atoms with E-state index in [-0.39, 0.29) is 24.4 Å². The lowest BCUT2D eigenvalue weighted by atomic mass is 10.2. The van der Waals surface area contributed by atoms with Gasteiger partial charge < -0.3 is 5.73 Å². The molecule has 1 aromatic rings. The maximum absolute atomic E-state index is 13.1. The summed E-state index contributed by atoms with van der Waals surface area (Å²) in [6.07, 6.45) is 0. The number of nitrogens with two attached hydrogens (primary N) is 1. The van der Waals surface area contributed by atoms with Crippen LogP contribution in [0.3, 0.4) is 0 Å². The first-order valence-corrected chi connectivity index (χ1v) is 6.11. The van der Waals surface area contributed by atoms with E-state index >= 15 is 0 Å². The van der Waals surface area contributed by atoms with Crippen LogP contribution in [0, 0.1) is 5.82 Å². The Morgan fingerprint density at radius 3 is 2.60 bits per heavy atom. The van der Waals surface area contributed by atoms with E-state index in [1.165, 1.54) is 18.2 Å². The van der Waals surface area contributed by atoms with E-state index in [0.29, 0.717) is 0 Å². The molecule has 1 aromatic carbocycles. The fraction of sp³-hybridized carbons (Fsp3) is 0.333. The summed E-state index contributed by atoms with van der Waals surface area (Å²) in [6.45, 7) is 0.382. The number of halogens is 1. The molecule has 0 saturated carbocycles. The van der Waals surface area contributed by atoms with Crippen LogP contribution in [0.1, 0.15) is 5.56 Å². The van der Waals surface area contributed by atoms with Crippen LogP contribution in [0.2, 0.25) is 0 Å². The molecule has 84 valence electrons. The SMILES string of the molecule is NCCNS(=O)(=O)Cc1ccccc1F. The monoisotopic (exact) mass is 232 g/mol. The van der Waals surface area contributed by atoms with E-state index in [9.17, 15) is 12.8 Å². The zero-order valence-corrected chi connectivity index (χ0v) is 8.93. The molecule has 0 aliphatic carbocycles. The van der Waals surface area contributed by atoms with E-state index in [2.05, 4.69) is 4.72 Å². The smallest absolute Gasteiger partial charge is 0.215 e. The lowest BCUT2D eigenvalue weighted by Gasteiger charge is -2.05. The molecule has 0 amide bonds. The Kier molecular flexibility index (Phi) is 4.19. The molecule has 4 nitrogen and oxygen atoms in total. The van der Waals surface area contributed by atoms with Crippen LogP contribution in [0.5, 0.6) is 0 Å². The zero-order valence-electron chi connectivity index (χ0n) is 8.11. The molecule has 0 atom stereocenters. The second kappa shape index (κ2) is 5.20. The summed E-state index contributed by atoms with van der Waals surface area (Å²) in [6, 6.07) is 5.78. The van der Waals surface area contributed by atoms with Gasteiger partial charge in [0.05, 0.1) is 5.75 Å². The average molecular weight is 232 g/mol. The Morgan fingerprint density at radius 2 is 2.00 bits per heavy atom. The zero-order chi connectivity index (χ0) is 11.3. The van der Waals surface area contributed by atoms with Crippen LogP contribution in [-0.4, -0.2) is 21.5 Å². The fourth-order valence-corrected chi connectivity index (χ4v) is 2.26. The third-order valence-corrected chi connectivity index (χ3v) is 3.10. The van der Waals surface area contributed by atoms with Crippen LogP contribution in [0.25, 0.3) is 0 Å². The van der Waals surface area contributed by atoms with Gasteiger partial charge in [-0.2, -0.15) is 0 Å². The Balaban J connectivity index is 2.74. The molecule has 0 aliphatic heterocycles. The van der Waals surface area contributed by atoms with Crippen LogP contribution in [0.4, 0.5) is 4.39 Å². The summed E-state index contributed by atoms with van der Waals surface area (Å²) >= 11 is 0. The van der Waals surface area contributed by atoms with Gasteiger partial charge in [0, 0.05) is 18.7 Å². The summed E-state index contributed by atoms with van der Waals surface area (Å²) in [7, 11) is -3.49. The van der Waals surface area contributed by atoms with Gasteiger partial charge in [0.15, 0.2) is 0 Å². The molecule has 6 heteroatoms. The number of hydrogen-bond donors (Lipinski definition) is 2. The summed E-state index contributed by atoms with van der Waals surface area (Å²) < 4.78 is 38.1. The van der Waals surface area contributed by atoms with Crippen molar-refractivity contribution in [3.8, 4) is 0 Å². The quantitative estimate of drug-likeness (QED) is 0.762. The van der Waals surface area contributed by atoms with Crippen molar-refractivity contribution in [2.75, 3.05) is 13.1 Å². The molecule has 0 unspecified atom stereocenters. The maximum atomic E-state index is 13.1. The van der Waals surface area contributed by atoms with E-state index < -0.39 is 15.8 Å². The molecule has 0 saturated heterocycles. The van der Waals surface area contributed by atoms with Crippen molar-refractivity contribution in [3.05, 3.63) is 35.6 Å². The topological polar surface area (TPSA) is 72.2 Å². The van der Waals surface area contributed by atoms with Crippen LogP contribution in [0.15, 0.2) is 24.3 Å². The minimum absolute atomic E-state index is 0.155. The molecule has 0 fully saturated rings. The van der Waals surface area contributed by atoms with E-state index in [4.69, 9.17) is 5.73 Å². The first-order chi connectivity index (χ1) is 7.05. The molecule has 3 N–H and O–H groups in total. The molecule has 0 bridgehead atoms. The largest absolute Gasteiger partial charge is 0.329 e. The van der Waals surface area contributed by atoms with Crippen molar-refractivity contribution in [1.29, 1.82) is 0 Å².